The highest BCUT2D eigenvalue weighted by molar-refractivity contribution is 5.50. The van der Waals surface area contributed by atoms with Gasteiger partial charge in [0.2, 0.25) is 0 Å². The molecule has 0 aliphatic carbocycles. The number of hydrogen-bond donors (Lipinski definition) is 1. The lowest BCUT2D eigenvalue weighted by atomic mass is 10.2. The number of benzene rings is 1. The molecule has 0 heterocycles. The molecular weight excluding hydrogens is 162 g/mol. The third-order valence-electron chi connectivity index (χ3n) is 1.80. The van der Waals surface area contributed by atoms with Crippen LogP contribution >= 0.6 is 0 Å². The van der Waals surface area contributed by atoms with Crippen LogP contribution in [0.25, 0.3) is 0 Å². The number of hydrogen-bond acceptors (Lipinski definition) is 2. The van der Waals surface area contributed by atoms with Crippen molar-refractivity contribution in [2.24, 2.45) is 0 Å². The first-order valence-electron chi connectivity index (χ1n) is 4.53. The summed E-state index contributed by atoms with van der Waals surface area (Å²) in [6, 6.07) is 10.2. The van der Waals surface area contributed by atoms with Crippen molar-refractivity contribution in [2.45, 2.75) is 19.4 Å². The molecule has 0 amide bonds. The fourth-order valence-electron chi connectivity index (χ4n) is 1.11. The molecular formula is C11H14NO. The zero-order chi connectivity index (χ0) is 9.36. The molecule has 1 aromatic carbocycles. The minimum absolute atomic E-state index is 0.530. The number of carbonyl (C=O) groups excluding carboxylic acids is 1. The summed E-state index contributed by atoms with van der Waals surface area (Å²) in [6.45, 7) is 1.75. The van der Waals surface area contributed by atoms with Crippen molar-refractivity contribution in [3.63, 3.8) is 0 Å². The van der Waals surface area contributed by atoms with Crippen LogP contribution in [0.1, 0.15) is 18.4 Å². The second-order valence-electron chi connectivity index (χ2n) is 2.91. The van der Waals surface area contributed by atoms with E-state index >= 15 is 0 Å². The molecule has 0 unspecified atom stereocenters. The van der Waals surface area contributed by atoms with Gasteiger partial charge in [-0.3, -0.25) is 4.79 Å². The molecule has 1 radical (unpaired) electrons. The Balaban J connectivity index is 2.10. The van der Waals surface area contributed by atoms with Crippen LogP contribution < -0.4 is 5.32 Å². The first-order valence-corrected chi connectivity index (χ1v) is 4.53. The van der Waals surface area contributed by atoms with E-state index in [1.54, 1.807) is 0 Å². The van der Waals surface area contributed by atoms with E-state index in [4.69, 9.17) is 0 Å². The van der Waals surface area contributed by atoms with E-state index in [0.717, 1.165) is 19.5 Å². The van der Waals surface area contributed by atoms with E-state index < -0.39 is 0 Å². The van der Waals surface area contributed by atoms with Crippen LogP contribution in [0.5, 0.6) is 0 Å². The van der Waals surface area contributed by atoms with E-state index in [0.29, 0.717) is 6.42 Å². The minimum Gasteiger partial charge on any atom is -0.313 e. The van der Waals surface area contributed by atoms with E-state index in [2.05, 4.69) is 17.4 Å². The van der Waals surface area contributed by atoms with Gasteiger partial charge >= 0.3 is 0 Å². The first kappa shape index (κ1) is 9.93. The van der Waals surface area contributed by atoms with Gasteiger partial charge in [0.1, 0.15) is 0 Å². The molecule has 0 aliphatic rings. The first-order chi connectivity index (χ1) is 6.43. The fourth-order valence-corrected chi connectivity index (χ4v) is 1.11. The molecule has 1 aromatic rings. The molecule has 0 aromatic heterocycles. The average molecular weight is 176 g/mol. The van der Waals surface area contributed by atoms with Gasteiger partial charge in [0, 0.05) is 13.0 Å². The van der Waals surface area contributed by atoms with E-state index in [-0.39, 0.29) is 0 Å². The van der Waals surface area contributed by atoms with Crippen molar-refractivity contribution in [3.8, 4) is 0 Å². The van der Waals surface area contributed by atoms with Crippen LogP contribution in [-0.2, 0) is 11.3 Å². The Morgan fingerprint density at radius 2 is 2.00 bits per heavy atom. The van der Waals surface area contributed by atoms with Crippen molar-refractivity contribution >= 4 is 6.29 Å². The van der Waals surface area contributed by atoms with Crippen molar-refractivity contribution in [1.29, 1.82) is 0 Å². The van der Waals surface area contributed by atoms with Gasteiger partial charge < -0.3 is 5.32 Å². The fraction of sp³-hybridized carbons (Fsp3) is 0.364. The summed E-state index contributed by atoms with van der Waals surface area (Å²) in [5.41, 5.74) is 1.28. The molecule has 0 saturated carbocycles. The molecule has 13 heavy (non-hydrogen) atoms. The van der Waals surface area contributed by atoms with Gasteiger partial charge in [-0.05, 0) is 18.5 Å². The maximum absolute atomic E-state index is 9.89. The molecule has 0 bridgehead atoms. The number of unbranched alkanes of at least 4 members (excludes halogenated alkanes) is 1. The summed E-state index contributed by atoms with van der Waals surface area (Å²) in [5, 5.41) is 3.26. The van der Waals surface area contributed by atoms with E-state index in [1.165, 1.54) is 5.56 Å². The molecule has 1 N–H and O–H groups in total. The second-order valence-corrected chi connectivity index (χ2v) is 2.91. The summed E-state index contributed by atoms with van der Waals surface area (Å²) in [4.78, 5) is 9.89. The lowest BCUT2D eigenvalue weighted by Crippen LogP contribution is -2.14. The van der Waals surface area contributed by atoms with Crippen LogP contribution in [0.4, 0.5) is 0 Å². The second kappa shape index (κ2) is 6.38. The van der Waals surface area contributed by atoms with Gasteiger partial charge in [-0.15, -0.1) is 0 Å². The van der Waals surface area contributed by atoms with Gasteiger partial charge in [0.15, 0.2) is 6.29 Å². The Kier molecular flexibility index (Phi) is 4.87. The quantitative estimate of drug-likeness (QED) is 0.668. The lowest BCUT2D eigenvalue weighted by Gasteiger charge is -2.02. The van der Waals surface area contributed by atoms with Gasteiger partial charge in [0.05, 0.1) is 0 Å². The summed E-state index contributed by atoms with van der Waals surface area (Å²) in [7, 11) is 0. The molecule has 2 nitrogen and oxygen atoms in total. The molecule has 0 saturated heterocycles. The minimum atomic E-state index is 0.530. The van der Waals surface area contributed by atoms with Crippen LogP contribution in [0.2, 0.25) is 0 Å². The molecule has 0 fully saturated rings. The summed E-state index contributed by atoms with van der Waals surface area (Å²) >= 11 is 0. The number of rotatable bonds is 6. The molecule has 0 aliphatic heterocycles. The predicted octanol–water partition coefficient (Wildman–Crippen LogP) is 1.67. The Morgan fingerprint density at radius 3 is 2.69 bits per heavy atom. The average Bonchev–Trinajstić information content (AvgIpc) is 2.19. The van der Waals surface area contributed by atoms with Crippen molar-refractivity contribution in [3.05, 3.63) is 35.9 Å². The maximum Gasteiger partial charge on any atom is 0.198 e. The molecule has 69 valence electrons. The summed E-state index contributed by atoms with van der Waals surface area (Å²) < 4.78 is 0. The Morgan fingerprint density at radius 1 is 1.23 bits per heavy atom. The van der Waals surface area contributed by atoms with Crippen LogP contribution in [0.3, 0.4) is 0 Å². The molecule has 0 spiro atoms. The molecule has 0 atom stereocenters. The van der Waals surface area contributed by atoms with Crippen molar-refractivity contribution in [1.82, 2.24) is 5.32 Å². The Bertz CT molecular complexity index is 233. The Hall–Kier alpha value is -1.15. The van der Waals surface area contributed by atoms with Crippen LogP contribution in [-0.4, -0.2) is 12.8 Å². The van der Waals surface area contributed by atoms with Crippen molar-refractivity contribution in [2.75, 3.05) is 6.54 Å². The smallest absolute Gasteiger partial charge is 0.198 e. The standard InChI is InChI=1S/C11H14NO/c13-9-5-4-8-12-10-11-6-2-1-3-7-11/h1-3,6-7,12H,4-5,8,10H2. The van der Waals surface area contributed by atoms with E-state index in [9.17, 15) is 4.79 Å². The van der Waals surface area contributed by atoms with Gasteiger partial charge in [-0.2, -0.15) is 0 Å². The van der Waals surface area contributed by atoms with Gasteiger partial charge in [-0.25, -0.2) is 0 Å². The predicted molar refractivity (Wildman–Crippen MR) is 53.1 cm³/mol. The van der Waals surface area contributed by atoms with Gasteiger partial charge in [-0.1, -0.05) is 30.3 Å². The summed E-state index contributed by atoms with van der Waals surface area (Å²) in [5.74, 6) is 0. The molecule has 1 rings (SSSR count). The highest BCUT2D eigenvalue weighted by Crippen LogP contribution is 1.96. The van der Waals surface area contributed by atoms with Crippen molar-refractivity contribution < 1.29 is 4.79 Å². The van der Waals surface area contributed by atoms with E-state index in [1.807, 2.05) is 24.5 Å². The normalized spacial score (nSPS) is 9.85. The largest absolute Gasteiger partial charge is 0.313 e. The zero-order valence-electron chi connectivity index (χ0n) is 7.62. The zero-order valence-corrected chi connectivity index (χ0v) is 7.62. The van der Waals surface area contributed by atoms with Gasteiger partial charge in [0.25, 0.3) is 0 Å². The highest BCUT2D eigenvalue weighted by Gasteiger charge is 1.90. The number of nitrogens with one attached hydrogen (secondary N) is 1. The SMILES string of the molecule is O=[C]CCCNCc1ccccc1. The lowest BCUT2D eigenvalue weighted by molar-refractivity contribution is 0.545. The summed E-state index contributed by atoms with van der Waals surface area (Å²) in [6.07, 6.45) is 3.28. The molecule has 2 heteroatoms. The monoisotopic (exact) mass is 176 g/mol. The highest BCUT2D eigenvalue weighted by atomic mass is 16.1. The van der Waals surface area contributed by atoms with Crippen LogP contribution in [0, 0.1) is 0 Å². The van der Waals surface area contributed by atoms with Crippen LogP contribution in [0.15, 0.2) is 30.3 Å². The third kappa shape index (κ3) is 4.43. The maximum atomic E-state index is 9.89. The third-order valence-corrected chi connectivity index (χ3v) is 1.80. The Labute approximate surface area is 79.0 Å². The topological polar surface area (TPSA) is 29.1 Å².